The van der Waals surface area contributed by atoms with Gasteiger partial charge in [0.15, 0.2) is 6.23 Å². The van der Waals surface area contributed by atoms with Crippen LogP contribution in [0.15, 0.2) is 76.4 Å². The number of nitrogens with zero attached hydrogens (tertiary/aromatic N) is 1. The lowest BCUT2D eigenvalue weighted by atomic mass is 9.92. The molecule has 0 unspecified atom stereocenters. The summed E-state index contributed by atoms with van der Waals surface area (Å²) in [7, 11) is 0. The molecule has 0 radical (unpaired) electrons. The second-order valence-corrected chi connectivity index (χ2v) is 8.33. The van der Waals surface area contributed by atoms with E-state index < -0.39 is 41.9 Å². The summed E-state index contributed by atoms with van der Waals surface area (Å²) in [5.41, 5.74) is -0.762. The smallest absolute Gasteiger partial charge is 0.330 e. The van der Waals surface area contributed by atoms with Gasteiger partial charge in [-0.15, -0.1) is 0 Å². The van der Waals surface area contributed by atoms with Gasteiger partial charge in [-0.3, -0.25) is 14.3 Å². The summed E-state index contributed by atoms with van der Waals surface area (Å²) in [5, 5.41) is 21.7. The molecule has 1 saturated heterocycles. The van der Waals surface area contributed by atoms with Crippen molar-refractivity contribution in [2.75, 3.05) is 13.2 Å². The summed E-state index contributed by atoms with van der Waals surface area (Å²) < 4.78 is 19.1. The maximum absolute atomic E-state index is 12.5. The molecule has 1 aromatic heterocycles. The van der Waals surface area contributed by atoms with Crippen molar-refractivity contribution in [1.29, 1.82) is 0 Å². The largest absolute Gasteiger partial charge is 0.393 e. The van der Waals surface area contributed by atoms with Crippen LogP contribution in [0.4, 0.5) is 0 Å². The number of hydrogen-bond donors (Lipinski definition) is 3. The molecule has 0 bridgehead atoms. The number of rotatable bonds is 9. The number of H-pyrrole nitrogens is 1. The zero-order chi connectivity index (χ0) is 24.1. The van der Waals surface area contributed by atoms with Gasteiger partial charge < -0.3 is 24.4 Å². The molecule has 1 fully saturated rings. The van der Waals surface area contributed by atoms with Gasteiger partial charge in [-0.1, -0.05) is 60.7 Å². The second kappa shape index (κ2) is 10.5. The fourth-order valence-corrected chi connectivity index (χ4v) is 4.03. The minimum Gasteiger partial charge on any atom is -0.393 e. The highest BCUT2D eigenvalue weighted by Crippen LogP contribution is 2.40. The van der Waals surface area contributed by atoms with Crippen molar-refractivity contribution >= 4 is 0 Å². The van der Waals surface area contributed by atoms with Crippen LogP contribution < -0.4 is 11.2 Å². The molecule has 3 aromatic rings. The number of aliphatic hydroxyl groups excluding tert-OH is 2. The lowest BCUT2D eigenvalue weighted by Gasteiger charge is -2.34. The number of benzene rings is 2. The number of aliphatic hydroxyl groups is 2. The van der Waals surface area contributed by atoms with E-state index >= 15 is 0 Å². The fourth-order valence-electron chi connectivity index (χ4n) is 4.03. The summed E-state index contributed by atoms with van der Waals surface area (Å²) in [6.07, 6.45) is -2.20. The first-order chi connectivity index (χ1) is 16.4. The molecular weight excluding hydrogens is 440 g/mol. The Morgan fingerprint density at radius 2 is 1.65 bits per heavy atom. The normalized spacial score (nSPS) is 24.4. The lowest BCUT2D eigenvalue weighted by Crippen LogP contribution is -2.54. The second-order valence-electron chi connectivity index (χ2n) is 8.33. The van der Waals surface area contributed by atoms with E-state index in [-0.39, 0.29) is 18.8 Å². The molecular formula is C25H28N2O7. The lowest BCUT2D eigenvalue weighted by molar-refractivity contribution is -0.171. The Bertz CT molecular complexity index is 1200. The molecule has 2 heterocycles. The van der Waals surface area contributed by atoms with Crippen molar-refractivity contribution in [3.63, 3.8) is 0 Å². The number of ether oxygens (including phenoxy) is 3. The summed E-state index contributed by atoms with van der Waals surface area (Å²) in [4.78, 5) is 26.5. The van der Waals surface area contributed by atoms with Gasteiger partial charge in [0.2, 0.25) is 0 Å². The molecule has 3 N–H and O–H groups in total. The first-order valence-electron chi connectivity index (χ1n) is 11.0. The zero-order valence-electron chi connectivity index (χ0n) is 18.8. The molecule has 180 valence electrons. The van der Waals surface area contributed by atoms with E-state index in [1.807, 2.05) is 60.7 Å². The molecule has 4 atom stereocenters. The maximum atomic E-state index is 12.5. The third-order valence-electron chi connectivity index (χ3n) is 6.02. The minimum absolute atomic E-state index is 0.00507. The van der Waals surface area contributed by atoms with Crippen molar-refractivity contribution in [2.45, 2.75) is 44.2 Å². The van der Waals surface area contributed by atoms with E-state index in [2.05, 4.69) is 4.98 Å². The van der Waals surface area contributed by atoms with Crippen LogP contribution in [-0.2, 0) is 27.4 Å². The molecule has 0 spiro atoms. The Morgan fingerprint density at radius 3 is 2.26 bits per heavy atom. The summed E-state index contributed by atoms with van der Waals surface area (Å²) in [6, 6.07) is 18.9. The van der Waals surface area contributed by atoms with Gasteiger partial charge in [0.1, 0.15) is 17.8 Å². The highest BCUT2D eigenvalue weighted by atomic mass is 16.6. The average Bonchev–Trinajstić information content (AvgIpc) is 3.13. The van der Waals surface area contributed by atoms with Crippen LogP contribution in [0.2, 0.25) is 0 Å². The molecule has 1 aliphatic rings. The van der Waals surface area contributed by atoms with E-state index in [1.54, 1.807) is 6.92 Å². The predicted molar refractivity (Wildman–Crippen MR) is 123 cm³/mol. The van der Waals surface area contributed by atoms with E-state index in [1.165, 1.54) is 6.20 Å². The molecule has 0 amide bonds. The highest BCUT2D eigenvalue weighted by molar-refractivity contribution is 5.15. The molecule has 9 heteroatoms. The predicted octanol–water partition coefficient (Wildman–Crippen LogP) is 1.27. The fraction of sp³-hybridized carbons (Fsp3) is 0.360. The molecule has 2 aromatic carbocycles. The Labute approximate surface area is 196 Å². The van der Waals surface area contributed by atoms with E-state index in [4.69, 9.17) is 14.2 Å². The third kappa shape index (κ3) is 4.89. The van der Waals surface area contributed by atoms with Crippen molar-refractivity contribution in [3.8, 4) is 0 Å². The number of aromatic amines is 1. The van der Waals surface area contributed by atoms with Crippen LogP contribution in [0.1, 0.15) is 22.9 Å². The van der Waals surface area contributed by atoms with Gasteiger partial charge >= 0.3 is 5.69 Å². The molecule has 9 nitrogen and oxygen atoms in total. The van der Waals surface area contributed by atoms with Crippen LogP contribution in [0.5, 0.6) is 0 Å². The summed E-state index contributed by atoms with van der Waals surface area (Å²) in [5.74, 6) is 0. The Kier molecular flexibility index (Phi) is 7.40. The zero-order valence-corrected chi connectivity index (χ0v) is 18.8. The van der Waals surface area contributed by atoms with Gasteiger partial charge in [-0.2, -0.15) is 0 Å². The number of nitrogens with one attached hydrogen (secondary N) is 1. The number of aryl methyl sites for hydroxylation is 1. The maximum Gasteiger partial charge on any atom is 0.330 e. The minimum atomic E-state index is -1.57. The SMILES string of the molecule is Cc1cn([C@@H]2O[C@H](COCc3ccccc3)[C@@](CO)(OCc3ccccc3)[C@@H]2O)c(=O)[nH]c1=O. The van der Waals surface area contributed by atoms with Gasteiger partial charge in [-0.25, -0.2) is 4.79 Å². The number of aromatic nitrogens is 2. The van der Waals surface area contributed by atoms with E-state index in [0.717, 1.165) is 15.7 Å². The first-order valence-corrected chi connectivity index (χ1v) is 11.0. The van der Waals surface area contributed by atoms with Crippen molar-refractivity contribution in [1.82, 2.24) is 9.55 Å². The Balaban J connectivity index is 1.61. The summed E-state index contributed by atoms with van der Waals surface area (Å²) in [6.45, 7) is 1.35. The van der Waals surface area contributed by atoms with Crippen LogP contribution in [0.25, 0.3) is 0 Å². The highest BCUT2D eigenvalue weighted by Gasteiger charge is 2.58. The van der Waals surface area contributed by atoms with Gasteiger partial charge in [0.25, 0.3) is 5.56 Å². The molecule has 1 aliphatic heterocycles. The van der Waals surface area contributed by atoms with Crippen molar-refractivity contribution in [3.05, 3.63) is 104 Å². The summed E-state index contributed by atoms with van der Waals surface area (Å²) >= 11 is 0. The van der Waals surface area contributed by atoms with Crippen LogP contribution >= 0.6 is 0 Å². The topological polar surface area (TPSA) is 123 Å². The Morgan fingerprint density at radius 1 is 1.03 bits per heavy atom. The van der Waals surface area contributed by atoms with E-state index in [9.17, 15) is 19.8 Å². The van der Waals surface area contributed by atoms with Gasteiger partial charge in [0.05, 0.1) is 26.4 Å². The van der Waals surface area contributed by atoms with E-state index in [0.29, 0.717) is 6.61 Å². The standard InChI is InChI=1S/C25H28N2O7/c1-17-12-27(24(31)26-22(17)30)23-21(29)25(16-28,33-14-19-10-6-3-7-11-19)20(34-23)15-32-13-18-8-4-2-5-9-18/h2-12,20-21,23,28-29H,13-16H2,1H3,(H,26,30,31)/t20-,21-,23-,25-/m1/s1. The Hall–Kier alpha value is -3.08. The first kappa shape index (κ1) is 24.1. The molecule has 4 rings (SSSR count). The quantitative estimate of drug-likeness (QED) is 0.432. The number of hydrogen-bond acceptors (Lipinski definition) is 7. The van der Waals surface area contributed by atoms with Crippen LogP contribution in [0, 0.1) is 6.92 Å². The third-order valence-corrected chi connectivity index (χ3v) is 6.02. The molecule has 0 saturated carbocycles. The van der Waals surface area contributed by atoms with Crippen LogP contribution in [-0.4, -0.2) is 50.8 Å². The van der Waals surface area contributed by atoms with Crippen LogP contribution in [0.3, 0.4) is 0 Å². The van der Waals surface area contributed by atoms with Gasteiger partial charge in [0, 0.05) is 11.8 Å². The molecule has 34 heavy (non-hydrogen) atoms. The average molecular weight is 469 g/mol. The van der Waals surface area contributed by atoms with Gasteiger partial charge in [-0.05, 0) is 18.1 Å². The van der Waals surface area contributed by atoms with Crippen molar-refractivity contribution < 1.29 is 24.4 Å². The monoisotopic (exact) mass is 468 g/mol. The molecule has 0 aliphatic carbocycles. The van der Waals surface area contributed by atoms with Crippen molar-refractivity contribution in [2.24, 2.45) is 0 Å².